The second kappa shape index (κ2) is 7.52. The van der Waals surface area contributed by atoms with Gasteiger partial charge in [0.05, 0.1) is 5.56 Å². The van der Waals surface area contributed by atoms with E-state index in [4.69, 9.17) is 4.52 Å². The molecule has 25 heavy (non-hydrogen) atoms. The van der Waals surface area contributed by atoms with Crippen molar-refractivity contribution in [1.82, 2.24) is 20.0 Å². The molecule has 0 spiro atoms. The Labute approximate surface area is 149 Å². The number of pyridine rings is 1. The van der Waals surface area contributed by atoms with Gasteiger partial charge < -0.3 is 9.42 Å². The van der Waals surface area contributed by atoms with Crippen LogP contribution in [0.4, 0.5) is 5.82 Å². The Morgan fingerprint density at radius 2 is 1.92 bits per heavy atom. The lowest BCUT2D eigenvalue weighted by Gasteiger charge is -2.40. The van der Waals surface area contributed by atoms with Crippen LogP contribution in [0.2, 0.25) is 0 Å². The number of aromatic nitrogens is 3. The minimum atomic E-state index is 0.567. The van der Waals surface area contributed by atoms with E-state index in [1.807, 2.05) is 25.3 Å². The molecule has 1 atom stereocenters. The van der Waals surface area contributed by atoms with E-state index in [0.29, 0.717) is 17.8 Å². The maximum Gasteiger partial charge on any atom is 0.261 e. The highest BCUT2D eigenvalue weighted by atomic mass is 16.5. The number of piperidine rings is 1. The molecule has 2 aromatic heterocycles. The lowest BCUT2D eigenvalue weighted by atomic mass is 10.0. The second-order valence-corrected chi connectivity index (χ2v) is 7.21. The van der Waals surface area contributed by atoms with E-state index in [-0.39, 0.29) is 0 Å². The number of likely N-dealkylation sites (tertiary alicyclic amines) is 1. The van der Waals surface area contributed by atoms with Crippen LogP contribution < -0.4 is 4.90 Å². The second-order valence-electron chi connectivity index (χ2n) is 7.21. The summed E-state index contributed by atoms with van der Waals surface area (Å²) in [5.41, 5.74) is 0.944. The molecular weight excluding hydrogens is 314 g/mol. The van der Waals surface area contributed by atoms with Crippen LogP contribution >= 0.6 is 0 Å². The molecule has 0 bridgehead atoms. The zero-order valence-electron chi connectivity index (χ0n) is 15.0. The smallest absolute Gasteiger partial charge is 0.261 e. The quantitative estimate of drug-likeness (QED) is 0.854. The monoisotopic (exact) mass is 341 g/mol. The molecule has 6 heteroatoms. The van der Waals surface area contributed by atoms with Crippen LogP contribution in [-0.2, 0) is 0 Å². The first-order valence-electron chi connectivity index (χ1n) is 9.56. The van der Waals surface area contributed by atoms with Gasteiger partial charge in [-0.2, -0.15) is 4.98 Å². The summed E-state index contributed by atoms with van der Waals surface area (Å²) in [6.45, 7) is 6.42. The van der Waals surface area contributed by atoms with Crippen molar-refractivity contribution in [3.05, 3.63) is 24.2 Å². The summed E-state index contributed by atoms with van der Waals surface area (Å²) in [7, 11) is 0. The molecule has 6 nitrogen and oxygen atoms in total. The highest BCUT2D eigenvalue weighted by Crippen LogP contribution is 2.30. The van der Waals surface area contributed by atoms with Crippen LogP contribution in [0.15, 0.2) is 22.9 Å². The molecule has 0 aromatic carbocycles. The van der Waals surface area contributed by atoms with Gasteiger partial charge in [-0.05, 0) is 57.8 Å². The fraction of sp³-hybridized carbons (Fsp3) is 0.632. The number of hydrogen-bond acceptors (Lipinski definition) is 6. The van der Waals surface area contributed by atoms with Crippen molar-refractivity contribution in [1.29, 1.82) is 0 Å². The van der Waals surface area contributed by atoms with Gasteiger partial charge >= 0.3 is 0 Å². The molecule has 0 amide bonds. The van der Waals surface area contributed by atoms with Crippen molar-refractivity contribution in [2.24, 2.45) is 0 Å². The lowest BCUT2D eigenvalue weighted by molar-refractivity contribution is 0.182. The van der Waals surface area contributed by atoms with Gasteiger partial charge in [0.2, 0.25) is 0 Å². The van der Waals surface area contributed by atoms with E-state index < -0.39 is 0 Å². The molecule has 0 N–H and O–H groups in total. The Bertz CT molecular complexity index is 693. The number of hydrogen-bond donors (Lipinski definition) is 0. The van der Waals surface area contributed by atoms with Crippen LogP contribution in [-0.4, -0.2) is 52.2 Å². The minimum absolute atomic E-state index is 0.567. The summed E-state index contributed by atoms with van der Waals surface area (Å²) in [5, 5.41) is 3.94. The molecule has 1 unspecified atom stereocenters. The summed E-state index contributed by atoms with van der Waals surface area (Å²) in [6.07, 6.45) is 9.80. The average Bonchev–Trinajstić information content (AvgIpc) is 2.92. The van der Waals surface area contributed by atoms with E-state index in [9.17, 15) is 0 Å². The van der Waals surface area contributed by atoms with Crippen LogP contribution in [0.25, 0.3) is 11.5 Å². The summed E-state index contributed by atoms with van der Waals surface area (Å²) >= 11 is 0. The maximum absolute atomic E-state index is 5.40. The molecule has 0 saturated carbocycles. The summed E-state index contributed by atoms with van der Waals surface area (Å²) in [6, 6.07) is 4.60. The molecule has 2 aliphatic rings. The van der Waals surface area contributed by atoms with E-state index in [1.54, 1.807) is 0 Å². The average molecular weight is 341 g/mol. The number of anilines is 1. The third kappa shape index (κ3) is 3.68. The van der Waals surface area contributed by atoms with Gasteiger partial charge in [-0.1, -0.05) is 18.0 Å². The Kier molecular flexibility index (Phi) is 4.97. The third-order valence-corrected chi connectivity index (χ3v) is 5.40. The third-order valence-electron chi connectivity index (χ3n) is 5.40. The number of rotatable bonds is 3. The van der Waals surface area contributed by atoms with Crippen molar-refractivity contribution in [3.8, 4) is 11.5 Å². The van der Waals surface area contributed by atoms with Crippen molar-refractivity contribution in [2.45, 2.75) is 51.5 Å². The zero-order chi connectivity index (χ0) is 17.1. The first-order valence-corrected chi connectivity index (χ1v) is 9.56. The van der Waals surface area contributed by atoms with Gasteiger partial charge in [0.1, 0.15) is 5.82 Å². The SMILES string of the molecule is Cc1noc(-c2cccnc2N2CCCC(N3CCCCCC3)C2)n1. The normalized spacial score (nSPS) is 22.8. The van der Waals surface area contributed by atoms with Crippen molar-refractivity contribution < 1.29 is 4.52 Å². The van der Waals surface area contributed by atoms with E-state index in [2.05, 4.69) is 24.9 Å². The maximum atomic E-state index is 5.40. The van der Waals surface area contributed by atoms with Gasteiger partial charge in [-0.3, -0.25) is 4.90 Å². The molecule has 0 aliphatic carbocycles. The Morgan fingerprint density at radius 3 is 2.68 bits per heavy atom. The van der Waals surface area contributed by atoms with Crippen molar-refractivity contribution in [3.63, 3.8) is 0 Å². The highest BCUT2D eigenvalue weighted by Gasteiger charge is 2.28. The first kappa shape index (κ1) is 16.5. The fourth-order valence-corrected chi connectivity index (χ4v) is 4.13. The molecule has 2 fully saturated rings. The molecule has 2 aromatic rings. The molecule has 4 rings (SSSR count). The summed E-state index contributed by atoms with van der Waals surface area (Å²) < 4.78 is 5.40. The minimum Gasteiger partial charge on any atom is -0.354 e. The van der Waals surface area contributed by atoms with Crippen LogP contribution in [0.3, 0.4) is 0 Å². The predicted octanol–water partition coefficient (Wildman–Crippen LogP) is 3.28. The van der Waals surface area contributed by atoms with Crippen LogP contribution in [0.1, 0.15) is 44.3 Å². The highest BCUT2D eigenvalue weighted by molar-refractivity contribution is 5.69. The predicted molar refractivity (Wildman–Crippen MR) is 97.5 cm³/mol. The molecule has 4 heterocycles. The van der Waals surface area contributed by atoms with Gasteiger partial charge in [0.25, 0.3) is 5.89 Å². The summed E-state index contributed by atoms with van der Waals surface area (Å²) in [5.74, 6) is 2.20. The number of aryl methyl sites for hydroxylation is 1. The van der Waals surface area contributed by atoms with Gasteiger partial charge in [-0.25, -0.2) is 4.98 Å². The van der Waals surface area contributed by atoms with Crippen molar-refractivity contribution >= 4 is 5.82 Å². The Balaban J connectivity index is 1.55. The topological polar surface area (TPSA) is 58.3 Å². The number of nitrogens with zero attached hydrogens (tertiary/aromatic N) is 5. The van der Waals surface area contributed by atoms with Crippen LogP contribution in [0, 0.1) is 6.92 Å². The lowest BCUT2D eigenvalue weighted by Crippen LogP contribution is -2.48. The molecule has 2 aliphatic heterocycles. The zero-order valence-corrected chi connectivity index (χ0v) is 15.0. The van der Waals surface area contributed by atoms with Gasteiger partial charge in [-0.15, -0.1) is 0 Å². The molecule has 2 saturated heterocycles. The van der Waals surface area contributed by atoms with Gasteiger partial charge in [0, 0.05) is 25.3 Å². The van der Waals surface area contributed by atoms with Crippen LogP contribution in [0.5, 0.6) is 0 Å². The van der Waals surface area contributed by atoms with Crippen molar-refractivity contribution in [2.75, 3.05) is 31.1 Å². The first-order chi connectivity index (χ1) is 12.3. The Morgan fingerprint density at radius 1 is 1.08 bits per heavy atom. The van der Waals surface area contributed by atoms with E-state index in [1.165, 1.54) is 51.6 Å². The summed E-state index contributed by atoms with van der Waals surface area (Å²) in [4.78, 5) is 14.2. The molecule has 0 radical (unpaired) electrons. The van der Waals surface area contributed by atoms with Gasteiger partial charge in [0.15, 0.2) is 5.82 Å². The molecule has 134 valence electrons. The van der Waals surface area contributed by atoms with E-state index >= 15 is 0 Å². The van der Waals surface area contributed by atoms with E-state index in [0.717, 1.165) is 24.5 Å². The largest absolute Gasteiger partial charge is 0.354 e. The fourth-order valence-electron chi connectivity index (χ4n) is 4.13. The standard InChI is InChI=1S/C19H27N5O/c1-15-21-19(25-22-15)17-9-6-10-20-18(17)24-13-7-8-16(14-24)23-11-4-2-3-5-12-23/h6,9-10,16H,2-5,7-8,11-14H2,1H3. The molecular formula is C19H27N5O. The Hall–Kier alpha value is -1.95.